The van der Waals surface area contributed by atoms with Crippen LogP contribution in [-0.4, -0.2) is 115 Å². The van der Waals surface area contributed by atoms with Crippen LogP contribution < -0.4 is 26.1 Å². The molecular formula is C44H60N6O11. The fourth-order valence-corrected chi connectivity index (χ4v) is 6.88. The molecule has 3 heterocycles. The summed E-state index contributed by atoms with van der Waals surface area (Å²) in [5.74, 6) is -0.0820. The highest BCUT2D eigenvalue weighted by Gasteiger charge is 2.44. The van der Waals surface area contributed by atoms with Gasteiger partial charge >= 0.3 is 18.3 Å². The topological polar surface area (TPSA) is 208 Å². The third kappa shape index (κ3) is 14.6. The van der Waals surface area contributed by atoms with Crippen LogP contribution in [0.25, 0.3) is 11.3 Å². The Morgan fingerprint density at radius 1 is 0.902 bits per heavy atom. The Kier molecular flexibility index (Phi) is 16.3. The van der Waals surface area contributed by atoms with Gasteiger partial charge in [-0.05, 0) is 74.4 Å². The first kappa shape index (κ1) is 46.6. The predicted molar refractivity (Wildman–Crippen MR) is 224 cm³/mol. The SMILES string of the molecule is COC(=O)N[C@H](C(=O)NN(Cc1ccc(-c2ccccn2)cc1)C[C@H](O)[C@H](Cc1ccc(OCCNC(=O)OC(C)(C)C)cc1)NC(=O)O[C@H]1CO[C@H]2OCC[C@H]21)C(C)(C)C. The van der Waals surface area contributed by atoms with Crippen molar-refractivity contribution >= 4 is 24.2 Å². The summed E-state index contributed by atoms with van der Waals surface area (Å²) in [6.45, 7) is 11.9. The maximum Gasteiger partial charge on any atom is 0.407 e. The molecule has 4 amide bonds. The number of methoxy groups -OCH3 is 1. The summed E-state index contributed by atoms with van der Waals surface area (Å²) < 4.78 is 33.0. The molecule has 0 radical (unpaired) electrons. The molecule has 2 aliphatic heterocycles. The highest BCUT2D eigenvalue weighted by Crippen LogP contribution is 2.33. The number of aliphatic hydroxyl groups excluding tert-OH is 1. The lowest BCUT2D eigenvalue weighted by molar-refractivity contribution is -0.131. The van der Waals surface area contributed by atoms with Crippen LogP contribution in [0.2, 0.25) is 0 Å². The maximum absolute atomic E-state index is 13.9. The van der Waals surface area contributed by atoms with E-state index >= 15 is 0 Å². The van der Waals surface area contributed by atoms with Crippen LogP contribution in [0.4, 0.5) is 14.4 Å². The van der Waals surface area contributed by atoms with Gasteiger partial charge in [0.05, 0.1) is 50.6 Å². The van der Waals surface area contributed by atoms with Crippen LogP contribution in [0, 0.1) is 11.3 Å². The van der Waals surface area contributed by atoms with Gasteiger partial charge in [0, 0.05) is 24.8 Å². The van der Waals surface area contributed by atoms with Crippen molar-refractivity contribution in [3.05, 3.63) is 84.1 Å². The second-order valence-electron chi connectivity index (χ2n) is 17.1. The number of carbonyl (C=O) groups excluding carboxylic acids is 4. The van der Waals surface area contributed by atoms with Crippen molar-refractivity contribution in [3.63, 3.8) is 0 Å². The van der Waals surface area contributed by atoms with E-state index in [4.69, 9.17) is 28.4 Å². The third-order valence-electron chi connectivity index (χ3n) is 9.97. The largest absolute Gasteiger partial charge is 0.492 e. The van der Waals surface area contributed by atoms with Gasteiger partial charge in [-0.15, -0.1) is 0 Å². The van der Waals surface area contributed by atoms with Crippen LogP contribution in [-0.2, 0) is 41.4 Å². The number of benzene rings is 2. The Bertz CT molecular complexity index is 1890. The summed E-state index contributed by atoms with van der Waals surface area (Å²) >= 11 is 0. The van der Waals surface area contributed by atoms with Crippen LogP contribution in [0.3, 0.4) is 0 Å². The van der Waals surface area contributed by atoms with Crippen LogP contribution in [0.15, 0.2) is 72.9 Å². The molecule has 2 aromatic carbocycles. The second kappa shape index (κ2) is 21.3. The molecule has 6 atom stereocenters. The molecule has 0 aliphatic carbocycles. The van der Waals surface area contributed by atoms with Gasteiger partial charge in [-0.2, -0.15) is 0 Å². The van der Waals surface area contributed by atoms with Crippen molar-refractivity contribution in [3.8, 4) is 17.0 Å². The number of hydrazine groups is 1. The molecule has 5 N–H and O–H groups in total. The smallest absolute Gasteiger partial charge is 0.407 e. The average molecular weight is 849 g/mol. The van der Waals surface area contributed by atoms with E-state index in [-0.39, 0.29) is 45.2 Å². The van der Waals surface area contributed by atoms with Gasteiger partial charge < -0.3 is 49.5 Å². The first-order valence-electron chi connectivity index (χ1n) is 20.4. The van der Waals surface area contributed by atoms with Gasteiger partial charge in [-0.1, -0.05) is 63.2 Å². The summed E-state index contributed by atoms with van der Waals surface area (Å²) in [4.78, 5) is 56.2. The summed E-state index contributed by atoms with van der Waals surface area (Å²) in [5, 5.41) is 21.7. The van der Waals surface area contributed by atoms with Gasteiger partial charge in [0.15, 0.2) is 6.29 Å². The van der Waals surface area contributed by atoms with E-state index in [1.807, 2.05) is 54.6 Å². The highest BCUT2D eigenvalue weighted by molar-refractivity contribution is 5.86. The molecule has 0 unspecified atom stereocenters. The van der Waals surface area contributed by atoms with Crippen LogP contribution in [0.1, 0.15) is 59.1 Å². The molecule has 0 bridgehead atoms. The fraction of sp³-hybridized carbons (Fsp3) is 0.523. The van der Waals surface area contributed by atoms with Crippen molar-refractivity contribution in [1.29, 1.82) is 0 Å². The lowest BCUT2D eigenvalue weighted by Gasteiger charge is -2.34. The van der Waals surface area contributed by atoms with Gasteiger partial charge in [0.2, 0.25) is 0 Å². The number of amides is 4. The number of pyridine rings is 1. The number of rotatable bonds is 17. The number of carbonyl (C=O) groups is 4. The number of hydrogen-bond acceptors (Lipinski definition) is 13. The van der Waals surface area contributed by atoms with E-state index in [2.05, 4.69) is 26.4 Å². The molecule has 3 aromatic rings. The Morgan fingerprint density at radius 3 is 2.28 bits per heavy atom. The summed E-state index contributed by atoms with van der Waals surface area (Å²) in [6, 6.07) is 18.5. The van der Waals surface area contributed by atoms with Crippen molar-refractivity contribution in [1.82, 2.24) is 31.4 Å². The third-order valence-corrected chi connectivity index (χ3v) is 9.97. The van der Waals surface area contributed by atoms with Gasteiger partial charge in [0.25, 0.3) is 5.91 Å². The standard InChI is InChI=1S/C44H60N6O11/c1-43(2,3)37(48-41(54)56-7)38(52)49-50(25-29-11-15-30(16-12-29)33-10-8-9-20-45-33)26-35(51)34(47-42(55)60-36-27-59-39-32(36)19-22-58-39)24-28-13-17-31(18-14-28)57-23-21-46-40(53)61-44(4,5)6/h8-18,20,32,34-37,39,51H,19,21-27H2,1-7H3,(H,46,53)(H,47,55)(H,48,54)(H,49,52)/t32-,34-,35-,36-,37+,39+/m0/s1. The molecule has 17 nitrogen and oxygen atoms in total. The number of fused-ring (bicyclic) bond motifs is 1. The highest BCUT2D eigenvalue weighted by atomic mass is 16.7. The van der Waals surface area contributed by atoms with E-state index in [1.54, 1.807) is 64.9 Å². The van der Waals surface area contributed by atoms with Gasteiger partial charge in [-0.3, -0.25) is 15.2 Å². The Morgan fingerprint density at radius 2 is 1.62 bits per heavy atom. The monoisotopic (exact) mass is 848 g/mol. The minimum atomic E-state index is -1.26. The zero-order valence-corrected chi connectivity index (χ0v) is 36.0. The molecule has 2 saturated heterocycles. The Labute approximate surface area is 357 Å². The van der Waals surface area contributed by atoms with E-state index < -0.39 is 65.8 Å². The molecule has 5 rings (SSSR count). The fourth-order valence-electron chi connectivity index (χ4n) is 6.88. The average Bonchev–Trinajstić information content (AvgIpc) is 3.83. The van der Waals surface area contributed by atoms with Crippen molar-refractivity contribution in [2.45, 2.75) is 97.1 Å². The maximum atomic E-state index is 13.9. The lowest BCUT2D eigenvalue weighted by atomic mass is 9.86. The molecule has 0 saturated carbocycles. The predicted octanol–water partition coefficient (Wildman–Crippen LogP) is 4.72. The summed E-state index contributed by atoms with van der Waals surface area (Å²) in [7, 11) is 1.22. The number of aromatic nitrogens is 1. The molecule has 2 aliphatic rings. The number of alkyl carbamates (subject to hydrolysis) is 3. The molecule has 0 spiro atoms. The Balaban J connectivity index is 1.33. The first-order valence-corrected chi connectivity index (χ1v) is 20.4. The number of ether oxygens (including phenoxy) is 6. The van der Waals surface area contributed by atoms with Gasteiger partial charge in [-0.25, -0.2) is 19.4 Å². The molecule has 1 aromatic heterocycles. The van der Waals surface area contributed by atoms with E-state index in [0.29, 0.717) is 18.8 Å². The zero-order valence-electron chi connectivity index (χ0n) is 36.0. The number of nitrogens with one attached hydrogen (secondary N) is 4. The van der Waals surface area contributed by atoms with E-state index in [0.717, 1.165) is 22.4 Å². The number of hydrogen-bond donors (Lipinski definition) is 5. The van der Waals surface area contributed by atoms with Gasteiger partial charge in [0.1, 0.15) is 30.1 Å². The van der Waals surface area contributed by atoms with E-state index in [9.17, 15) is 24.3 Å². The second-order valence-corrected chi connectivity index (χ2v) is 17.1. The lowest BCUT2D eigenvalue weighted by Crippen LogP contribution is -2.59. The first-order chi connectivity index (χ1) is 29.0. The van der Waals surface area contributed by atoms with Crippen molar-refractivity contribution in [2.24, 2.45) is 11.3 Å². The molecule has 61 heavy (non-hydrogen) atoms. The van der Waals surface area contributed by atoms with E-state index in [1.165, 1.54) is 7.11 Å². The van der Waals surface area contributed by atoms with Crippen molar-refractivity contribution in [2.75, 3.05) is 40.0 Å². The minimum absolute atomic E-state index is 0.0925. The minimum Gasteiger partial charge on any atom is -0.492 e. The van der Waals surface area contributed by atoms with Crippen LogP contribution in [0.5, 0.6) is 5.75 Å². The number of aliphatic hydroxyl groups is 1. The Hall–Kier alpha value is -5.49. The quantitative estimate of drug-likeness (QED) is 0.0710. The molecule has 2 fully saturated rings. The zero-order chi connectivity index (χ0) is 44.2. The normalized spacial score (nSPS) is 18.9. The summed E-state index contributed by atoms with van der Waals surface area (Å²) in [6.07, 6.45) is -1.68. The number of nitrogens with zero attached hydrogens (tertiary/aromatic N) is 2. The molecule has 17 heteroatoms. The summed E-state index contributed by atoms with van der Waals surface area (Å²) in [5.41, 5.74) is 4.83. The van der Waals surface area contributed by atoms with Crippen LogP contribution >= 0.6 is 0 Å². The molecule has 332 valence electrons. The molecular weight excluding hydrogens is 789 g/mol. The van der Waals surface area contributed by atoms with Crippen molar-refractivity contribution < 1.29 is 52.7 Å².